The van der Waals surface area contributed by atoms with Crippen molar-refractivity contribution >= 4 is 28.3 Å². The number of carbonyl (C=O) groups excluding carboxylic acids is 1. The van der Waals surface area contributed by atoms with Crippen molar-refractivity contribution in [1.82, 2.24) is 15.3 Å². The number of anilines is 2. The monoisotopic (exact) mass is 401 g/mol. The molecule has 0 atom stereocenters. The lowest BCUT2D eigenvalue weighted by molar-refractivity contribution is -0.137. The Morgan fingerprint density at radius 1 is 1.17 bits per heavy atom. The van der Waals surface area contributed by atoms with Gasteiger partial charge in [-0.05, 0) is 31.2 Å². The van der Waals surface area contributed by atoms with Gasteiger partial charge < -0.3 is 15.5 Å². The standard InChI is InChI=1S/C20H18F3N5O/c1-12-8-15-13(9-25-12)4-2-6-17(15)27-19(29)26-14-10-28(11-14)18-16(20(21,22)23)5-3-7-24-18/h2-9,14H,10-11H2,1H3,(H2,26,27,29). The number of hydrogen-bond acceptors (Lipinski definition) is 4. The van der Waals surface area contributed by atoms with E-state index in [1.807, 2.05) is 25.1 Å². The van der Waals surface area contributed by atoms with Gasteiger partial charge in [0.1, 0.15) is 5.82 Å². The zero-order valence-corrected chi connectivity index (χ0v) is 15.5. The van der Waals surface area contributed by atoms with E-state index in [1.54, 1.807) is 12.3 Å². The molecule has 0 aliphatic carbocycles. The Morgan fingerprint density at radius 2 is 1.97 bits per heavy atom. The zero-order valence-electron chi connectivity index (χ0n) is 15.5. The van der Waals surface area contributed by atoms with Crippen LogP contribution in [0.4, 0.5) is 29.5 Å². The molecule has 1 aliphatic rings. The molecule has 3 aromatic rings. The molecule has 6 nitrogen and oxygen atoms in total. The number of alkyl halides is 3. The lowest BCUT2D eigenvalue weighted by atomic mass is 10.1. The van der Waals surface area contributed by atoms with Gasteiger partial charge in [-0.2, -0.15) is 13.2 Å². The molecular weight excluding hydrogens is 383 g/mol. The number of rotatable bonds is 3. The average molecular weight is 401 g/mol. The maximum Gasteiger partial charge on any atom is 0.419 e. The van der Waals surface area contributed by atoms with E-state index < -0.39 is 17.8 Å². The van der Waals surface area contributed by atoms with Gasteiger partial charge in [-0.15, -0.1) is 0 Å². The van der Waals surface area contributed by atoms with Crippen LogP contribution in [-0.2, 0) is 6.18 Å². The summed E-state index contributed by atoms with van der Waals surface area (Å²) in [4.78, 5) is 22.0. The predicted molar refractivity (Wildman–Crippen MR) is 104 cm³/mol. The first-order valence-electron chi connectivity index (χ1n) is 9.01. The minimum atomic E-state index is -4.47. The molecule has 0 bridgehead atoms. The number of fused-ring (bicyclic) bond motifs is 1. The summed E-state index contributed by atoms with van der Waals surface area (Å²) in [5.41, 5.74) is 0.700. The second kappa shape index (κ2) is 7.23. The van der Waals surface area contributed by atoms with E-state index in [2.05, 4.69) is 20.6 Å². The highest BCUT2D eigenvalue weighted by molar-refractivity contribution is 6.01. The zero-order chi connectivity index (χ0) is 20.6. The average Bonchev–Trinajstić information content (AvgIpc) is 2.64. The summed E-state index contributed by atoms with van der Waals surface area (Å²) in [5.74, 6) is -0.115. The van der Waals surface area contributed by atoms with Gasteiger partial charge in [0, 0.05) is 41.9 Å². The summed E-state index contributed by atoms with van der Waals surface area (Å²) in [7, 11) is 0. The Bertz CT molecular complexity index is 1060. The quantitative estimate of drug-likeness (QED) is 0.697. The van der Waals surface area contributed by atoms with Crippen LogP contribution in [0.1, 0.15) is 11.3 Å². The Hall–Kier alpha value is -3.36. The lowest BCUT2D eigenvalue weighted by Crippen LogP contribution is -2.60. The molecule has 0 radical (unpaired) electrons. The van der Waals surface area contributed by atoms with Crippen LogP contribution >= 0.6 is 0 Å². The number of aromatic nitrogens is 2. The summed E-state index contributed by atoms with van der Waals surface area (Å²) >= 11 is 0. The number of amides is 2. The molecule has 3 heterocycles. The van der Waals surface area contributed by atoms with E-state index in [0.717, 1.165) is 22.5 Å². The van der Waals surface area contributed by atoms with Crippen LogP contribution in [-0.4, -0.2) is 35.1 Å². The minimum absolute atomic E-state index is 0.115. The number of carbonyl (C=O) groups is 1. The first-order chi connectivity index (χ1) is 13.8. The Kier molecular flexibility index (Phi) is 4.73. The number of nitrogens with one attached hydrogen (secondary N) is 2. The predicted octanol–water partition coefficient (Wildman–Crippen LogP) is 3.97. The van der Waals surface area contributed by atoms with Crippen LogP contribution in [0.15, 0.2) is 48.8 Å². The molecule has 2 amide bonds. The van der Waals surface area contributed by atoms with E-state index in [9.17, 15) is 18.0 Å². The van der Waals surface area contributed by atoms with Crippen LogP contribution < -0.4 is 15.5 Å². The third kappa shape index (κ3) is 3.94. The van der Waals surface area contributed by atoms with E-state index in [-0.39, 0.29) is 24.9 Å². The maximum atomic E-state index is 13.1. The van der Waals surface area contributed by atoms with Crippen molar-refractivity contribution in [3.8, 4) is 0 Å². The number of urea groups is 1. The molecule has 1 aliphatic heterocycles. The molecular formula is C20H18F3N5O. The van der Waals surface area contributed by atoms with Gasteiger partial charge in [-0.1, -0.05) is 12.1 Å². The lowest BCUT2D eigenvalue weighted by Gasteiger charge is -2.41. The van der Waals surface area contributed by atoms with Crippen molar-refractivity contribution in [1.29, 1.82) is 0 Å². The Morgan fingerprint density at radius 3 is 2.72 bits per heavy atom. The van der Waals surface area contributed by atoms with E-state index in [4.69, 9.17) is 0 Å². The first-order valence-corrected chi connectivity index (χ1v) is 9.01. The number of halogens is 3. The molecule has 0 saturated carbocycles. The Balaban J connectivity index is 1.40. The van der Waals surface area contributed by atoms with Crippen LogP contribution in [0.3, 0.4) is 0 Å². The molecule has 9 heteroatoms. The summed E-state index contributed by atoms with van der Waals surface area (Å²) in [6.45, 7) is 2.38. The van der Waals surface area contributed by atoms with Gasteiger partial charge in [-0.3, -0.25) is 4.98 Å². The molecule has 1 saturated heterocycles. The number of aryl methyl sites for hydroxylation is 1. The fraction of sp³-hybridized carbons (Fsp3) is 0.250. The van der Waals surface area contributed by atoms with Crippen molar-refractivity contribution < 1.29 is 18.0 Å². The molecule has 2 N–H and O–H groups in total. The van der Waals surface area contributed by atoms with Crippen molar-refractivity contribution in [3.05, 3.63) is 60.0 Å². The number of hydrogen-bond donors (Lipinski definition) is 2. The fourth-order valence-corrected chi connectivity index (χ4v) is 3.34. The largest absolute Gasteiger partial charge is 0.419 e. The third-order valence-electron chi connectivity index (χ3n) is 4.76. The normalized spacial score (nSPS) is 14.6. The second-order valence-corrected chi connectivity index (χ2v) is 6.93. The molecule has 1 aromatic carbocycles. The van der Waals surface area contributed by atoms with Gasteiger partial charge in [0.05, 0.1) is 17.3 Å². The topological polar surface area (TPSA) is 70.2 Å². The van der Waals surface area contributed by atoms with Crippen molar-refractivity contribution in [3.63, 3.8) is 0 Å². The second-order valence-electron chi connectivity index (χ2n) is 6.93. The third-order valence-corrected chi connectivity index (χ3v) is 4.76. The summed E-state index contributed by atoms with van der Waals surface area (Å²) in [6.07, 6.45) is -1.40. The number of nitrogens with zero attached hydrogens (tertiary/aromatic N) is 3. The van der Waals surface area contributed by atoms with Crippen LogP contribution in [0.5, 0.6) is 0 Å². The van der Waals surface area contributed by atoms with Crippen molar-refractivity contribution in [2.75, 3.05) is 23.3 Å². The van der Waals surface area contributed by atoms with Gasteiger partial charge >= 0.3 is 12.2 Å². The number of benzene rings is 1. The van der Waals surface area contributed by atoms with Gasteiger partial charge in [-0.25, -0.2) is 9.78 Å². The van der Waals surface area contributed by atoms with Gasteiger partial charge in [0.2, 0.25) is 0 Å². The van der Waals surface area contributed by atoms with E-state index >= 15 is 0 Å². The highest BCUT2D eigenvalue weighted by Gasteiger charge is 2.39. The summed E-state index contributed by atoms with van der Waals surface area (Å²) in [6, 6.07) is 8.99. The van der Waals surface area contributed by atoms with Crippen LogP contribution in [0.25, 0.3) is 10.8 Å². The summed E-state index contributed by atoms with van der Waals surface area (Å²) < 4.78 is 39.4. The maximum absolute atomic E-state index is 13.1. The number of pyridine rings is 2. The minimum Gasteiger partial charge on any atom is -0.352 e. The highest BCUT2D eigenvalue weighted by Crippen LogP contribution is 2.36. The van der Waals surface area contributed by atoms with E-state index in [0.29, 0.717) is 5.69 Å². The molecule has 4 rings (SSSR count). The molecule has 1 fully saturated rings. The van der Waals surface area contributed by atoms with Gasteiger partial charge in [0.15, 0.2) is 0 Å². The SMILES string of the molecule is Cc1cc2c(NC(=O)NC3CN(c4ncccc4C(F)(F)F)C3)cccc2cn1. The van der Waals surface area contributed by atoms with Crippen molar-refractivity contribution in [2.24, 2.45) is 0 Å². The first kappa shape index (κ1) is 19.0. The molecule has 2 aromatic heterocycles. The van der Waals surface area contributed by atoms with Crippen LogP contribution in [0.2, 0.25) is 0 Å². The fourth-order valence-electron chi connectivity index (χ4n) is 3.34. The molecule has 0 unspecified atom stereocenters. The molecule has 150 valence electrons. The van der Waals surface area contributed by atoms with Crippen LogP contribution in [0, 0.1) is 6.92 Å². The highest BCUT2D eigenvalue weighted by atomic mass is 19.4. The molecule has 0 spiro atoms. The summed E-state index contributed by atoms with van der Waals surface area (Å²) in [5, 5.41) is 7.37. The Labute approximate surface area is 164 Å². The van der Waals surface area contributed by atoms with Crippen molar-refractivity contribution in [2.45, 2.75) is 19.1 Å². The van der Waals surface area contributed by atoms with E-state index in [1.165, 1.54) is 17.2 Å². The smallest absolute Gasteiger partial charge is 0.352 e. The molecule has 29 heavy (non-hydrogen) atoms. The van der Waals surface area contributed by atoms with Gasteiger partial charge in [0.25, 0.3) is 0 Å².